The van der Waals surface area contributed by atoms with E-state index in [0.717, 1.165) is 61.9 Å². The summed E-state index contributed by atoms with van der Waals surface area (Å²) < 4.78 is 11.2. The normalized spacial score (nSPS) is 11.3. The number of hydrogen-bond acceptors (Lipinski definition) is 3. The second-order valence-electron chi connectivity index (χ2n) is 17.5. The molecule has 0 aromatic heterocycles. The van der Waals surface area contributed by atoms with Gasteiger partial charge in [-0.25, -0.2) is 0 Å². The third-order valence-electron chi connectivity index (χ3n) is 13.6. The Morgan fingerprint density at radius 2 is 0.536 bits per heavy atom. The Morgan fingerprint density at radius 3 is 0.884 bits per heavy atom. The predicted octanol–water partition coefficient (Wildman–Crippen LogP) is 18.1. The van der Waals surface area contributed by atoms with Crippen LogP contribution in [0.3, 0.4) is 0 Å². The first-order valence-corrected chi connectivity index (χ1v) is 23.5. The Hall–Kier alpha value is -8.92. The first-order chi connectivity index (χ1) is 34.1. The molecule has 0 aliphatic rings. The average molecular weight is 886 g/mol. The number of anilines is 3. The second-order valence-corrected chi connectivity index (χ2v) is 17.5. The average Bonchev–Trinajstić information content (AvgIpc) is 3.43. The van der Waals surface area contributed by atoms with Crippen LogP contribution in [0.5, 0.6) is 11.5 Å². The van der Waals surface area contributed by atoms with Gasteiger partial charge in [0.05, 0.1) is 14.2 Å². The molecule has 0 aliphatic heterocycles. The maximum atomic E-state index is 5.59. The number of ether oxygens (including phenoxy) is 2. The van der Waals surface area contributed by atoms with Crippen molar-refractivity contribution in [2.45, 2.75) is 0 Å². The van der Waals surface area contributed by atoms with Gasteiger partial charge in [-0.2, -0.15) is 0 Å². The van der Waals surface area contributed by atoms with Gasteiger partial charge in [-0.15, -0.1) is 0 Å². The molecule has 0 aliphatic carbocycles. The van der Waals surface area contributed by atoms with Gasteiger partial charge < -0.3 is 14.4 Å². The number of nitrogens with zero attached hydrogens (tertiary/aromatic N) is 1. The monoisotopic (exact) mass is 885 g/mol. The maximum Gasteiger partial charge on any atom is 0.119 e. The Bertz CT molecular complexity index is 3630. The summed E-state index contributed by atoms with van der Waals surface area (Å²) in [6, 6.07) is 90.3. The number of methoxy groups -OCH3 is 2. The molecule has 12 aromatic carbocycles. The minimum Gasteiger partial charge on any atom is -0.497 e. The Balaban J connectivity index is 1.22. The zero-order valence-corrected chi connectivity index (χ0v) is 38.4. The summed E-state index contributed by atoms with van der Waals surface area (Å²) in [6.45, 7) is 0. The van der Waals surface area contributed by atoms with Crippen molar-refractivity contribution in [3.63, 3.8) is 0 Å². The van der Waals surface area contributed by atoms with Crippen LogP contribution in [0.4, 0.5) is 17.1 Å². The van der Waals surface area contributed by atoms with E-state index < -0.39 is 0 Å². The molecule has 0 N–H and O–H groups in total. The first kappa shape index (κ1) is 41.5. The minimum atomic E-state index is 0.805. The minimum absolute atomic E-state index is 0.805. The van der Waals surface area contributed by atoms with Crippen LogP contribution < -0.4 is 14.4 Å². The molecule has 12 aromatic rings. The van der Waals surface area contributed by atoms with Gasteiger partial charge in [0.1, 0.15) is 11.5 Å². The highest BCUT2D eigenvalue weighted by atomic mass is 16.5. The first-order valence-electron chi connectivity index (χ1n) is 23.5. The maximum absolute atomic E-state index is 5.59. The molecule has 69 heavy (non-hydrogen) atoms. The van der Waals surface area contributed by atoms with Gasteiger partial charge >= 0.3 is 0 Å². The fraction of sp³-hybridized carbons (Fsp3) is 0.0303. The van der Waals surface area contributed by atoms with Crippen LogP contribution in [0.1, 0.15) is 0 Å². The van der Waals surface area contributed by atoms with Crippen molar-refractivity contribution in [2.75, 3.05) is 19.1 Å². The van der Waals surface area contributed by atoms with Gasteiger partial charge in [0, 0.05) is 17.1 Å². The van der Waals surface area contributed by atoms with E-state index in [9.17, 15) is 0 Å². The molecule has 0 saturated heterocycles. The van der Waals surface area contributed by atoms with Gasteiger partial charge in [0.15, 0.2) is 0 Å². The van der Waals surface area contributed by atoms with Crippen LogP contribution in [0.2, 0.25) is 0 Å². The summed E-state index contributed by atoms with van der Waals surface area (Å²) in [4.78, 5) is 2.28. The number of benzene rings is 12. The summed E-state index contributed by atoms with van der Waals surface area (Å²) in [5.74, 6) is 1.61. The Kier molecular flexibility index (Phi) is 10.7. The molecule has 0 atom stereocenters. The molecule has 0 bridgehead atoms. The molecule has 0 unspecified atom stereocenters. The summed E-state index contributed by atoms with van der Waals surface area (Å²) in [7, 11) is 3.40. The molecule has 328 valence electrons. The van der Waals surface area contributed by atoms with Crippen LogP contribution in [0.15, 0.2) is 249 Å². The summed E-state index contributed by atoms with van der Waals surface area (Å²) >= 11 is 0. The molecule has 0 spiro atoms. The van der Waals surface area contributed by atoms with Gasteiger partial charge in [-0.3, -0.25) is 0 Å². The van der Waals surface area contributed by atoms with E-state index in [2.05, 4.69) is 229 Å². The van der Waals surface area contributed by atoms with Crippen molar-refractivity contribution >= 4 is 49.4 Å². The third-order valence-corrected chi connectivity index (χ3v) is 13.6. The van der Waals surface area contributed by atoms with E-state index in [4.69, 9.17) is 9.47 Å². The van der Waals surface area contributed by atoms with Crippen molar-refractivity contribution in [3.8, 4) is 78.3 Å². The zero-order valence-electron chi connectivity index (χ0n) is 38.4. The van der Waals surface area contributed by atoms with Crippen LogP contribution in [-0.2, 0) is 0 Å². The van der Waals surface area contributed by atoms with Crippen molar-refractivity contribution in [2.24, 2.45) is 0 Å². The lowest BCUT2D eigenvalue weighted by atomic mass is 9.74. The number of rotatable bonds is 11. The van der Waals surface area contributed by atoms with Gasteiger partial charge in [-0.1, -0.05) is 176 Å². The number of hydrogen-bond donors (Lipinski definition) is 0. The van der Waals surface area contributed by atoms with Gasteiger partial charge in [0.25, 0.3) is 0 Å². The largest absolute Gasteiger partial charge is 0.497 e. The summed E-state index contributed by atoms with van der Waals surface area (Å²) in [5.41, 5.74) is 17.0. The lowest BCUT2D eigenvalue weighted by Gasteiger charge is -2.29. The highest BCUT2D eigenvalue weighted by Gasteiger charge is 2.30. The van der Waals surface area contributed by atoms with Gasteiger partial charge in [-0.05, 0) is 172 Å². The van der Waals surface area contributed by atoms with Crippen LogP contribution in [0.25, 0.3) is 99.1 Å². The highest BCUT2D eigenvalue weighted by molar-refractivity contribution is 6.25. The molecule has 0 saturated carbocycles. The fourth-order valence-electron chi connectivity index (χ4n) is 10.5. The Morgan fingerprint density at radius 1 is 0.246 bits per heavy atom. The third kappa shape index (κ3) is 7.42. The van der Waals surface area contributed by atoms with E-state index in [1.54, 1.807) is 14.2 Å². The van der Waals surface area contributed by atoms with Crippen molar-refractivity contribution in [1.82, 2.24) is 0 Å². The molecule has 0 heterocycles. The molecule has 3 heteroatoms. The molecule has 0 radical (unpaired) electrons. The van der Waals surface area contributed by atoms with Crippen molar-refractivity contribution in [1.29, 1.82) is 0 Å². The van der Waals surface area contributed by atoms with Crippen LogP contribution in [-0.4, -0.2) is 14.2 Å². The van der Waals surface area contributed by atoms with E-state index in [1.807, 2.05) is 24.3 Å². The van der Waals surface area contributed by atoms with Gasteiger partial charge in [0.2, 0.25) is 0 Å². The fourth-order valence-corrected chi connectivity index (χ4v) is 10.5. The quantitative estimate of drug-likeness (QED) is 0.121. The Labute approximate surface area is 403 Å². The molecule has 0 fully saturated rings. The SMILES string of the molecule is COc1ccc(N(c2ccc(OC)cc2)c2ccc(-c3c(-c4ccccc4)c(-c4ccccc4)c(-c4ccccc4)c(-c4ccccc4)c3-c3cc4ccc5cccc6ccc(c3)c4c56)cc2)cc1. The summed E-state index contributed by atoms with van der Waals surface area (Å²) in [5, 5.41) is 7.56. The standard InChI is InChI=1S/C66H47NO2/c1-68-57-38-34-55(35-39-57)67(56-36-40-58(69-2)41-37-56)54-32-30-50(31-33-54)65-63(46-20-11-5-12-21-46)61(44-16-7-3-8-17-44)62(45-18-9-4-10-19-45)64(47-22-13-6-14-23-47)66(65)53-42-51-28-26-48-24-15-25-49-27-29-52(43-53)60(51)59(48)49/h3-43H,1-2H3. The van der Waals surface area contributed by atoms with E-state index in [1.165, 1.54) is 65.7 Å². The van der Waals surface area contributed by atoms with Crippen molar-refractivity contribution < 1.29 is 9.47 Å². The second kappa shape index (κ2) is 17.7. The van der Waals surface area contributed by atoms with E-state index in [-0.39, 0.29) is 0 Å². The molecule has 12 rings (SSSR count). The lowest BCUT2D eigenvalue weighted by Crippen LogP contribution is -2.10. The highest BCUT2D eigenvalue weighted by Crippen LogP contribution is 2.57. The van der Waals surface area contributed by atoms with E-state index in [0.29, 0.717) is 0 Å². The van der Waals surface area contributed by atoms with Crippen LogP contribution in [0, 0.1) is 0 Å². The molecular weight excluding hydrogens is 839 g/mol. The van der Waals surface area contributed by atoms with Crippen molar-refractivity contribution in [3.05, 3.63) is 249 Å². The smallest absolute Gasteiger partial charge is 0.119 e. The predicted molar refractivity (Wildman–Crippen MR) is 291 cm³/mol. The zero-order chi connectivity index (χ0) is 46.3. The van der Waals surface area contributed by atoms with Crippen LogP contribution >= 0.6 is 0 Å². The van der Waals surface area contributed by atoms with E-state index >= 15 is 0 Å². The lowest BCUT2D eigenvalue weighted by molar-refractivity contribution is 0.415. The molecule has 0 amide bonds. The topological polar surface area (TPSA) is 21.7 Å². The molecular formula is C66H47NO2. The molecule has 3 nitrogen and oxygen atoms in total. The summed E-state index contributed by atoms with van der Waals surface area (Å²) in [6.07, 6.45) is 0.